The van der Waals surface area contributed by atoms with E-state index in [4.69, 9.17) is 5.11 Å². The molecule has 1 atom stereocenters. The van der Waals surface area contributed by atoms with Crippen LogP contribution in [0.25, 0.3) is 0 Å². The number of rotatable bonds is 7. The molecule has 1 rings (SSSR count). The second-order valence-corrected chi connectivity index (χ2v) is 6.26. The first-order valence-electron chi connectivity index (χ1n) is 6.07. The monoisotopic (exact) mass is 289 g/mol. The number of carbonyl (C=O) groups is 1. The maximum absolute atomic E-state index is 12.0. The fourth-order valence-corrected chi connectivity index (χ4v) is 2.68. The van der Waals surface area contributed by atoms with Crippen molar-refractivity contribution in [2.24, 2.45) is 0 Å². The number of carboxylic acids is 1. The van der Waals surface area contributed by atoms with Gasteiger partial charge in [0.15, 0.2) is 0 Å². The van der Waals surface area contributed by atoms with Gasteiger partial charge in [0, 0.05) is 12.2 Å². The van der Waals surface area contributed by atoms with Crippen LogP contribution in [-0.4, -0.2) is 35.3 Å². The summed E-state index contributed by atoms with van der Waals surface area (Å²) >= 11 is 0. The molecule has 0 bridgehead atoms. The van der Waals surface area contributed by atoms with Crippen molar-refractivity contribution in [3.63, 3.8) is 0 Å². The predicted octanol–water partition coefficient (Wildman–Crippen LogP) is 0.996. The molecule has 108 valence electrons. The smallest absolute Gasteiger partial charge is 0.321 e. The number of carboxylic acid groups (broad SMARTS) is 1. The lowest BCUT2D eigenvalue weighted by molar-refractivity contribution is -0.139. The number of aromatic nitrogens is 2. The SMILES string of the molecule is CCCC(NS(=O)(=O)c1cnn(C(C)C)c1)C(=O)O. The van der Waals surface area contributed by atoms with Gasteiger partial charge >= 0.3 is 5.97 Å². The van der Waals surface area contributed by atoms with Crippen molar-refractivity contribution in [1.29, 1.82) is 0 Å². The van der Waals surface area contributed by atoms with Gasteiger partial charge in [0.25, 0.3) is 0 Å². The number of nitrogens with zero attached hydrogens (tertiary/aromatic N) is 2. The van der Waals surface area contributed by atoms with Crippen molar-refractivity contribution in [2.45, 2.75) is 50.6 Å². The first-order chi connectivity index (χ1) is 8.77. The van der Waals surface area contributed by atoms with E-state index < -0.39 is 22.0 Å². The molecule has 0 radical (unpaired) electrons. The van der Waals surface area contributed by atoms with Gasteiger partial charge in [0.1, 0.15) is 10.9 Å². The quantitative estimate of drug-likeness (QED) is 0.779. The summed E-state index contributed by atoms with van der Waals surface area (Å²) in [7, 11) is -3.85. The van der Waals surface area contributed by atoms with Crippen molar-refractivity contribution in [3.05, 3.63) is 12.4 Å². The molecule has 19 heavy (non-hydrogen) atoms. The van der Waals surface area contributed by atoms with Gasteiger partial charge in [-0.15, -0.1) is 0 Å². The molecule has 1 heterocycles. The first kappa shape index (κ1) is 15.6. The Kier molecular flexibility index (Phi) is 5.07. The highest BCUT2D eigenvalue weighted by Gasteiger charge is 2.25. The molecule has 1 aromatic rings. The molecule has 8 heteroatoms. The van der Waals surface area contributed by atoms with Gasteiger partial charge in [0.2, 0.25) is 10.0 Å². The number of hydrogen-bond acceptors (Lipinski definition) is 4. The zero-order valence-corrected chi connectivity index (χ0v) is 12.0. The van der Waals surface area contributed by atoms with E-state index in [9.17, 15) is 13.2 Å². The lowest BCUT2D eigenvalue weighted by Gasteiger charge is -2.12. The second-order valence-electron chi connectivity index (χ2n) is 4.55. The first-order valence-corrected chi connectivity index (χ1v) is 7.55. The molecule has 0 aliphatic carbocycles. The maximum Gasteiger partial charge on any atom is 0.321 e. The molecule has 2 N–H and O–H groups in total. The van der Waals surface area contributed by atoms with Crippen molar-refractivity contribution in [3.8, 4) is 0 Å². The third-order valence-corrected chi connectivity index (χ3v) is 4.02. The van der Waals surface area contributed by atoms with E-state index in [0.717, 1.165) is 0 Å². The van der Waals surface area contributed by atoms with Gasteiger partial charge in [0.05, 0.1) is 6.20 Å². The summed E-state index contributed by atoms with van der Waals surface area (Å²) in [6.45, 7) is 5.53. The molecule has 0 aliphatic heterocycles. The summed E-state index contributed by atoms with van der Waals surface area (Å²) in [4.78, 5) is 10.9. The van der Waals surface area contributed by atoms with Gasteiger partial charge in [-0.25, -0.2) is 8.42 Å². The van der Waals surface area contributed by atoms with E-state index in [1.165, 1.54) is 17.1 Å². The van der Waals surface area contributed by atoms with Crippen LogP contribution in [0, 0.1) is 0 Å². The van der Waals surface area contributed by atoms with Crippen LogP contribution in [0.3, 0.4) is 0 Å². The fraction of sp³-hybridized carbons (Fsp3) is 0.636. The Bertz CT molecular complexity index is 536. The molecule has 0 saturated carbocycles. The lowest BCUT2D eigenvalue weighted by atomic mass is 10.2. The Morgan fingerprint density at radius 3 is 2.58 bits per heavy atom. The van der Waals surface area contributed by atoms with E-state index in [2.05, 4.69) is 9.82 Å². The summed E-state index contributed by atoms with van der Waals surface area (Å²) in [5.41, 5.74) is 0. The van der Waals surface area contributed by atoms with Crippen LogP contribution in [-0.2, 0) is 14.8 Å². The Hall–Kier alpha value is -1.41. The Labute approximate surface area is 112 Å². The third kappa shape index (κ3) is 4.03. The van der Waals surface area contributed by atoms with Crippen LogP contribution in [0.4, 0.5) is 0 Å². The summed E-state index contributed by atoms with van der Waals surface area (Å²) in [5.74, 6) is -1.18. The van der Waals surface area contributed by atoms with Crippen LogP contribution in [0.5, 0.6) is 0 Å². The summed E-state index contributed by atoms with van der Waals surface area (Å²) in [6.07, 6.45) is 3.42. The third-order valence-electron chi connectivity index (χ3n) is 2.59. The van der Waals surface area contributed by atoms with E-state index >= 15 is 0 Å². The molecule has 0 amide bonds. The van der Waals surface area contributed by atoms with E-state index in [1.807, 2.05) is 13.8 Å². The average Bonchev–Trinajstić information content (AvgIpc) is 2.78. The zero-order valence-electron chi connectivity index (χ0n) is 11.2. The van der Waals surface area contributed by atoms with Gasteiger partial charge in [-0.2, -0.15) is 9.82 Å². The minimum Gasteiger partial charge on any atom is -0.480 e. The number of sulfonamides is 1. The highest BCUT2D eigenvalue weighted by atomic mass is 32.2. The number of nitrogens with one attached hydrogen (secondary N) is 1. The minimum absolute atomic E-state index is 0.0245. The molecule has 0 spiro atoms. The topological polar surface area (TPSA) is 101 Å². The highest BCUT2D eigenvalue weighted by Crippen LogP contribution is 2.12. The molecular formula is C11H19N3O4S. The second kappa shape index (κ2) is 6.16. The summed E-state index contributed by atoms with van der Waals surface area (Å²) in [5, 5.41) is 12.9. The maximum atomic E-state index is 12.0. The standard InChI is InChI=1S/C11H19N3O4S/c1-4-5-10(11(15)16)13-19(17,18)9-6-12-14(7-9)8(2)3/h6-8,10,13H,4-5H2,1-3H3,(H,15,16). The largest absolute Gasteiger partial charge is 0.480 e. The van der Waals surface area contributed by atoms with Gasteiger partial charge < -0.3 is 5.11 Å². The highest BCUT2D eigenvalue weighted by molar-refractivity contribution is 7.89. The van der Waals surface area contributed by atoms with Crippen LogP contribution in [0.1, 0.15) is 39.7 Å². The zero-order chi connectivity index (χ0) is 14.6. The van der Waals surface area contributed by atoms with E-state index in [1.54, 1.807) is 6.92 Å². The molecule has 1 aromatic heterocycles. The van der Waals surface area contributed by atoms with Gasteiger partial charge in [-0.3, -0.25) is 9.48 Å². The normalized spacial score (nSPS) is 13.7. The Morgan fingerprint density at radius 2 is 2.16 bits per heavy atom. The number of aliphatic carboxylic acids is 1. The Balaban J connectivity index is 2.93. The van der Waals surface area contributed by atoms with Crippen LogP contribution >= 0.6 is 0 Å². The molecular weight excluding hydrogens is 270 g/mol. The van der Waals surface area contributed by atoms with E-state index in [-0.39, 0.29) is 17.4 Å². The predicted molar refractivity (Wildman–Crippen MR) is 69.3 cm³/mol. The van der Waals surface area contributed by atoms with Crippen molar-refractivity contribution < 1.29 is 18.3 Å². The molecule has 0 aliphatic rings. The molecule has 7 nitrogen and oxygen atoms in total. The molecule has 0 fully saturated rings. The minimum atomic E-state index is -3.85. The lowest BCUT2D eigenvalue weighted by Crippen LogP contribution is -2.40. The van der Waals surface area contributed by atoms with Crippen molar-refractivity contribution >= 4 is 16.0 Å². The molecule has 0 aromatic carbocycles. The van der Waals surface area contributed by atoms with Crippen molar-refractivity contribution in [1.82, 2.24) is 14.5 Å². The van der Waals surface area contributed by atoms with Crippen LogP contribution in [0.2, 0.25) is 0 Å². The summed E-state index contributed by atoms with van der Waals surface area (Å²) < 4.78 is 27.7. The van der Waals surface area contributed by atoms with Gasteiger partial charge in [-0.05, 0) is 20.3 Å². The van der Waals surface area contributed by atoms with Gasteiger partial charge in [-0.1, -0.05) is 13.3 Å². The molecule has 1 unspecified atom stereocenters. The fourth-order valence-electron chi connectivity index (χ4n) is 1.52. The Morgan fingerprint density at radius 1 is 1.53 bits per heavy atom. The van der Waals surface area contributed by atoms with E-state index in [0.29, 0.717) is 6.42 Å². The summed E-state index contributed by atoms with van der Waals surface area (Å²) in [6, 6.07) is -1.08. The number of hydrogen-bond donors (Lipinski definition) is 2. The van der Waals surface area contributed by atoms with Crippen LogP contribution in [0.15, 0.2) is 17.3 Å². The van der Waals surface area contributed by atoms with Crippen LogP contribution < -0.4 is 4.72 Å². The molecule has 0 saturated heterocycles. The van der Waals surface area contributed by atoms with Crippen molar-refractivity contribution in [2.75, 3.05) is 0 Å². The average molecular weight is 289 g/mol.